The fourth-order valence-corrected chi connectivity index (χ4v) is 7.58. The molecule has 7 N–H and O–H groups in total. The second-order valence-corrected chi connectivity index (χ2v) is 16.5. The molecular weight excluding hydrogens is 758 g/mol. The second kappa shape index (κ2) is 30.4. The lowest BCUT2D eigenvalue weighted by Crippen LogP contribution is -2.60. The first-order valence-corrected chi connectivity index (χ1v) is 22.7. The Labute approximate surface area is 352 Å². The summed E-state index contributed by atoms with van der Waals surface area (Å²) >= 11 is 0. The molecule has 3 unspecified atom stereocenters. The van der Waals surface area contributed by atoms with Crippen molar-refractivity contribution in [2.75, 3.05) is 13.2 Å². The molecule has 1 heterocycles. The van der Waals surface area contributed by atoms with E-state index >= 15 is 0 Å². The number of aryl methyl sites for hydroxylation is 1. The fraction of sp³-hybridized carbons (Fsp3) is 0.723. The van der Waals surface area contributed by atoms with Crippen molar-refractivity contribution in [2.24, 2.45) is 0 Å². The van der Waals surface area contributed by atoms with E-state index in [2.05, 4.69) is 24.4 Å². The van der Waals surface area contributed by atoms with Gasteiger partial charge in [0.05, 0.1) is 25.4 Å². The predicted octanol–water partition coefficient (Wildman–Crippen LogP) is 7.79. The smallest absolute Gasteiger partial charge is 0.220 e. The monoisotopic (exact) mass is 834 g/mol. The number of nitrogens with one attached hydrogen (secondary N) is 1. The molecule has 0 saturated carbocycles. The first-order chi connectivity index (χ1) is 28.6. The summed E-state index contributed by atoms with van der Waals surface area (Å²) in [6, 6.07) is 12.9. The molecule has 1 amide bonds. The first kappa shape index (κ1) is 50.7. The zero-order valence-electron chi connectivity index (χ0n) is 35.6. The van der Waals surface area contributed by atoms with Gasteiger partial charge in [-0.3, -0.25) is 4.79 Å². The number of unbranched alkanes of at least 4 members (excludes halogenated alkanes) is 18. The van der Waals surface area contributed by atoms with Gasteiger partial charge in [0.25, 0.3) is 0 Å². The lowest BCUT2D eigenvalue weighted by atomic mass is 9.98. The highest BCUT2D eigenvalue weighted by Gasteiger charge is 2.44. The average Bonchev–Trinajstić information content (AvgIpc) is 3.24. The molecule has 0 spiro atoms. The zero-order chi connectivity index (χ0) is 42.7. The maximum Gasteiger partial charge on any atom is 0.220 e. The minimum absolute atomic E-state index is 0.242. The van der Waals surface area contributed by atoms with Gasteiger partial charge in [-0.15, -0.1) is 0 Å². The highest BCUT2D eigenvalue weighted by molar-refractivity contribution is 5.76. The molecule has 1 aliphatic rings. The van der Waals surface area contributed by atoms with Gasteiger partial charge < -0.3 is 50.2 Å². The number of rotatable bonds is 33. The average molecular weight is 834 g/mol. The molecule has 0 aliphatic carbocycles. The maximum absolute atomic E-state index is 13.1. The third kappa shape index (κ3) is 20.6. The van der Waals surface area contributed by atoms with E-state index in [1.165, 1.54) is 69.1 Å². The summed E-state index contributed by atoms with van der Waals surface area (Å²) in [6.45, 7) is 1.29. The zero-order valence-corrected chi connectivity index (χ0v) is 35.6. The second-order valence-electron chi connectivity index (χ2n) is 16.5. The van der Waals surface area contributed by atoms with Crippen molar-refractivity contribution in [1.29, 1.82) is 0 Å². The van der Waals surface area contributed by atoms with Crippen LogP contribution in [0.15, 0.2) is 48.5 Å². The molecule has 2 aromatic carbocycles. The lowest BCUT2D eigenvalue weighted by molar-refractivity contribution is -0.303. The third-order valence-corrected chi connectivity index (χ3v) is 11.4. The highest BCUT2D eigenvalue weighted by atomic mass is 19.1. The van der Waals surface area contributed by atoms with Gasteiger partial charge in [0, 0.05) is 6.42 Å². The highest BCUT2D eigenvalue weighted by Crippen LogP contribution is 2.24. The number of hydrogen-bond donors (Lipinski definition) is 7. The Morgan fingerprint density at radius 1 is 0.695 bits per heavy atom. The largest absolute Gasteiger partial charge is 0.457 e. The molecule has 3 rings (SSSR count). The molecule has 1 fully saturated rings. The summed E-state index contributed by atoms with van der Waals surface area (Å²) in [6.07, 6.45) is 14.1. The van der Waals surface area contributed by atoms with Crippen LogP contribution in [0, 0.1) is 5.82 Å². The molecule has 1 aliphatic heterocycles. The van der Waals surface area contributed by atoms with Gasteiger partial charge in [0.15, 0.2) is 6.29 Å². The normalized spacial score (nSPS) is 20.9. The van der Waals surface area contributed by atoms with Crippen LogP contribution in [0.25, 0.3) is 0 Å². The van der Waals surface area contributed by atoms with Gasteiger partial charge in [-0.1, -0.05) is 135 Å². The van der Waals surface area contributed by atoms with E-state index < -0.39 is 55.6 Å². The predicted molar refractivity (Wildman–Crippen MR) is 228 cm³/mol. The van der Waals surface area contributed by atoms with Gasteiger partial charge in [-0.05, 0) is 67.6 Å². The van der Waals surface area contributed by atoms with E-state index in [-0.39, 0.29) is 24.8 Å². The van der Waals surface area contributed by atoms with Gasteiger partial charge >= 0.3 is 0 Å². The summed E-state index contributed by atoms with van der Waals surface area (Å²) in [7, 11) is 0. The number of benzene rings is 2. The van der Waals surface area contributed by atoms with E-state index in [9.17, 15) is 39.8 Å². The fourth-order valence-electron chi connectivity index (χ4n) is 7.58. The molecule has 12 heteroatoms. The van der Waals surface area contributed by atoms with Gasteiger partial charge in [-0.25, -0.2) is 4.39 Å². The van der Waals surface area contributed by atoms with Crippen LogP contribution in [-0.2, 0) is 20.7 Å². The van der Waals surface area contributed by atoms with Gasteiger partial charge in [0.2, 0.25) is 5.91 Å². The Hall–Kier alpha value is -2.68. The molecule has 59 heavy (non-hydrogen) atoms. The Bertz CT molecular complexity index is 1350. The van der Waals surface area contributed by atoms with Crippen LogP contribution >= 0.6 is 0 Å². The Kier molecular flexibility index (Phi) is 26.1. The van der Waals surface area contributed by atoms with Crippen molar-refractivity contribution in [3.05, 3.63) is 59.9 Å². The van der Waals surface area contributed by atoms with E-state index in [1.807, 2.05) is 12.1 Å². The van der Waals surface area contributed by atoms with Crippen molar-refractivity contribution in [1.82, 2.24) is 5.32 Å². The number of hydrogen-bond acceptors (Lipinski definition) is 10. The van der Waals surface area contributed by atoms with Crippen LogP contribution in [0.2, 0.25) is 0 Å². The van der Waals surface area contributed by atoms with Crippen LogP contribution in [0.3, 0.4) is 0 Å². The van der Waals surface area contributed by atoms with Crippen molar-refractivity contribution >= 4 is 5.91 Å². The van der Waals surface area contributed by atoms with Crippen LogP contribution < -0.4 is 10.1 Å². The molecule has 1 saturated heterocycles. The van der Waals surface area contributed by atoms with Gasteiger partial charge in [0.1, 0.15) is 47.8 Å². The molecule has 11 nitrogen and oxygen atoms in total. The lowest BCUT2D eigenvalue weighted by Gasteiger charge is -2.40. The minimum Gasteiger partial charge on any atom is -0.457 e. The van der Waals surface area contributed by atoms with E-state index in [1.54, 1.807) is 12.1 Å². The summed E-state index contributed by atoms with van der Waals surface area (Å²) < 4.78 is 30.0. The maximum atomic E-state index is 13.1. The van der Waals surface area contributed by atoms with Crippen molar-refractivity contribution in [3.8, 4) is 11.5 Å². The number of amides is 1. The molecule has 0 radical (unpaired) electrons. The van der Waals surface area contributed by atoms with Crippen molar-refractivity contribution < 1.29 is 54.0 Å². The molecule has 0 aromatic heterocycles. The summed E-state index contributed by atoms with van der Waals surface area (Å²) in [5.74, 6) is 0.728. The van der Waals surface area contributed by atoms with E-state index in [4.69, 9.17) is 14.2 Å². The number of halogens is 1. The van der Waals surface area contributed by atoms with Crippen LogP contribution in [0.5, 0.6) is 11.5 Å². The van der Waals surface area contributed by atoms with Crippen LogP contribution in [0.1, 0.15) is 154 Å². The van der Waals surface area contributed by atoms with Crippen molar-refractivity contribution in [2.45, 2.75) is 204 Å². The first-order valence-electron chi connectivity index (χ1n) is 22.7. The van der Waals surface area contributed by atoms with E-state index in [0.717, 1.165) is 82.8 Å². The van der Waals surface area contributed by atoms with Gasteiger partial charge in [-0.2, -0.15) is 0 Å². The Morgan fingerprint density at radius 2 is 1.20 bits per heavy atom. The molecule has 336 valence electrons. The number of carbonyl (C=O) groups is 1. The topological polar surface area (TPSA) is 178 Å². The Morgan fingerprint density at radius 3 is 1.76 bits per heavy atom. The van der Waals surface area contributed by atoms with Crippen LogP contribution in [-0.4, -0.2) is 98.7 Å². The standard InChI is InChI=1S/C47H76FNO10/c1-2-3-4-5-6-7-8-9-10-14-17-20-23-40(51)43(53)39(34-57-47-46(56)45(55)44(54)41(33-50)59-47)49-42(52)24-21-18-15-12-11-13-16-19-22-35-25-29-37(30-26-35)58-38-31-27-36(48)28-32-38/h25-32,39-41,43-47,50-51,53-56H,2-24,33-34H2,1H3,(H,49,52)/t39-,40?,41?,43-,44?,45+,46-,47-/m1/s1. The molecule has 2 aromatic rings. The van der Waals surface area contributed by atoms with Crippen LogP contribution in [0.4, 0.5) is 4.39 Å². The summed E-state index contributed by atoms with van der Waals surface area (Å²) in [5, 5.41) is 65.2. The summed E-state index contributed by atoms with van der Waals surface area (Å²) in [4.78, 5) is 13.0. The molecular formula is C47H76FNO10. The third-order valence-electron chi connectivity index (χ3n) is 11.4. The number of aliphatic hydroxyl groups excluding tert-OH is 6. The number of ether oxygens (including phenoxy) is 3. The summed E-state index contributed by atoms with van der Waals surface area (Å²) in [5.41, 5.74) is 1.25. The number of carbonyl (C=O) groups excluding carboxylic acids is 1. The SMILES string of the molecule is CCCCCCCCCCCCCCC(O)[C@H](O)[C@@H](CO[C@@H]1OC(CO)C(O)[C@H](O)[C@H]1O)NC(=O)CCCCCCCCCCc1ccc(Oc2ccc(F)cc2)cc1. The molecule has 8 atom stereocenters. The minimum atomic E-state index is -1.62. The van der Waals surface area contributed by atoms with Crippen molar-refractivity contribution in [3.63, 3.8) is 0 Å². The Balaban J connectivity index is 1.32. The molecule has 0 bridgehead atoms. The van der Waals surface area contributed by atoms with E-state index in [0.29, 0.717) is 18.6 Å². The number of aliphatic hydroxyl groups is 6. The quantitative estimate of drug-likeness (QED) is 0.0352.